The molecule has 0 saturated carbocycles. The van der Waals surface area contributed by atoms with Crippen LogP contribution in [-0.4, -0.2) is 32.3 Å². The van der Waals surface area contributed by atoms with Gasteiger partial charge in [0.25, 0.3) is 0 Å². The molecule has 1 aliphatic heterocycles. The van der Waals surface area contributed by atoms with Crippen LogP contribution in [0.2, 0.25) is 0 Å². The average molecular weight is 479 g/mol. The number of para-hydroxylation sites is 2. The Bertz CT molecular complexity index is 1300. The largest absolute Gasteiger partial charge is 0.416 e. The first-order valence-corrected chi connectivity index (χ1v) is 11.7. The lowest BCUT2D eigenvalue weighted by Crippen LogP contribution is -2.31. The molecule has 1 saturated heterocycles. The third-order valence-electron chi connectivity index (χ3n) is 6.42. The summed E-state index contributed by atoms with van der Waals surface area (Å²) in [5.74, 6) is 0.870. The molecular weight excluding hydrogens is 453 g/mol. The maximum Gasteiger partial charge on any atom is 0.416 e. The van der Waals surface area contributed by atoms with Crippen LogP contribution in [0.1, 0.15) is 53.6 Å². The van der Waals surface area contributed by atoms with Gasteiger partial charge in [-0.1, -0.05) is 30.3 Å². The van der Waals surface area contributed by atoms with Crippen molar-refractivity contribution >= 4 is 16.9 Å². The predicted molar refractivity (Wildman–Crippen MR) is 127 cm³/mol. The number of halogens is 3. The molecule has 35 heavy (non-hydrogen) atoms. The Balaban J connectivity index is 1.25. The van der Waals surface area contributed by atoms with Crippen molar-refractivity contribution in [1.29, 1.82) is 0 Å². The first kappa shape index (κ1) is 23.1. The lowest BCUT2D eigenvalue weighted by Gasteiger charge is -2.24. The third-order valence-corrected chi connectivity index (χ3v) is 6.42. The number of amides is 1. The number of alkyl halides is 3. The molecule has 5 rings (SSSR count). The number of pyridine rings is 1. The number of imidazole rings is 1. The Labute approximate surface area is 201 Å². The van der Waals surface area contributed by atoms with E-state index in [0.29, 0.717) is 25.8 Å². The van der Waals surface area contributed by atoms with Gasteiger partial charge in [-0.05, 0) is 54.8 Å². The molecule has 8 heteroatoms. The molecule has 4 aromatic rings. The topological polar surface area (TPSA) is 61.9 Å². The number of fused-ring (bicyclic) bond motifs is 1. The molecule has 0 bridgehead atoms. The van der Waals surface area contributed by atoms with Gasteiger partial charge >= 0.3 is 6.18 Å². The molecule has 180 valence electrons. The van der Waals surface area contributed by atoms with Crippen molar-refractivity contribution in [3.05, 3.63) is 95.1 Å². The fraction of sp³-hybridized carbons (Fsp3) is 0.296. The minimum Gasteiger partial charge on any atom is -0.342 e. The molecule has 2 aromatic heterocycles. The van der Waals surface area contributed by atoms with Gasteiger partial charge in [-0.15, -0.1) is 0 Å². The Morgan fingerprint density at radius 1 is 1.00 bits per heavy atom. The van der Waals surface area contributed by atoms with Crippen molar-refractivity contribution < 1.29 is 18.0 Å². The van der Waals surface area contributed by atoms with E-state index >= 15 is 0 Å². The SMILES string of the molecule is O=C(CCc1nc2ccccc2[nH]1)N1CCC[C@@H]1c1cccc(Cc2ccc(C(F)(F)F)cc2)n1. The molecule has 1 N–H and O–H groups in total. The van der Waals surface area contributed by atoms with Gasteiger partial charge in [0.05, 0.1) is 28.3 Å². The minimum atomic E-state index is -4.35. The Morgan fingerprint density at radius 3 is 2.57 bits per heavy atom. The van der Waals surface area contributed by atoms with E-state index in [1.165, 1.54) is 12.1 Å². The van der Waals surface area contributed by atoms with Gasteiger partial charge in [0.1, 0.15) is 5.82 Å². The normalized spacial score (nSPS) is 16.2. The van der Waals surface area contributed by atoms with E-state index in [9.17, 15) is 18.0 Å². The molecule has 0 unspecified atom stereocenters. The van der Waals surface area contributed by atoms with E-state index < -0.39 is 11.7 Å². The van der Waals surface area contributed by atoms with Crippen LogP contribution in [0, 0.1) is 0 Å². The molecule has 1 atom stereocenters. The number of aromatic nitrogens is 3. The van der Waals surface area contributed by atoms with E-state index in [4.69, 9.17) is 4.98 Å². The number of H-pyrrole nitrogens is 1. The van der Waals surface area contributed by atoms with E-state index in [1.807, 2.05) is 47.4 Å². The summed E-state index contributed by atoms with van der Waals surface area (Å²) in [6.07, 6.45) is -1.27. The number of carbonyl (C=O) groups is 1. The number of benzene rings is 2. The van der Waals surface area contributed by atoms with Gasteiger partial charge in [0.15, 0.2) is 0 Å². The van der Waals surface area contributed by atoms with Gasteiger partial charge in [0.2, 0.25) is 5.91 Å². The smallest absolute Gasteiger partial charge is 0.342 e. The van der Waals surface area contributed by atoms with Crippen molar-refractivity contribution in [2.24, 2.45) is 0 Å². The summed E-state index contributed by atoms with van der Waals surface area (Å²) in [7, 11) is 0. The quantitative estimate of drug-likeness (QED) is 0.377. The summed E-state index contributed by atoms with van der Waals surface area (Å²) in [5.41, 5.74) is 3.54. The summed E-state index contributed by atoms with van der Waals surface area (Å²) in [4.78, 5) is 27.6. The molecular formula is C27H25F3N4O. The molecule has 0 aliphatic carbocycles. The standard InChI is InChI=1S/C27H25F3N4O/c28-27(29,30)19-12-10-18(11-13-19)17-20-5-3-8-23(31-20)24-9-4-16-34(24)26(35)15-14-25-32-21-6-1-2-7-22(21)33-25/h1-3,5-8,10-13,24H,4,9,14-17H2,(H,32,33)/t24-/m1/s1. The molecule has 2 aromatic carbocycles. The molecule has 1 fully saturated rings. The minimum absolute atomic E-state index is 0.0721. The zero-order valence-electron chi connectivity index (χ0n) is 19.1. The number of aromatic amines is 1. The first-order chi connectivity index (χ1) is 16.9. The molecule has 1 amide bonds. The van der Waals surface area contributed by atoms with Crippen LogP contribution in [0.25, 0.3) is 11.0 Å². The zero-order chi connectivity index (χ0) is 24.4. The number of hydrogen-bond donors (Lipinski definition) is 1. The maximum absolute atomic E-state index is 13.1. The highest BCUT2D eigenvalue weighted by Crippen LogP contribution is 2.32. The van der Waals surface area contributed by atoms with E-state index in [2.05, 4.69) is 9.97 Å². The highest BCUT2D eigenvalue weighted by atomic mass is 19.4. The van der Waals surface area contributed by atoms with Crippen LogP contribution in [0.4, 0.5) is 13.2 Å². The van der Waals surface area contributed by atoms with Crippen molar-refractivity contribution in [3.63, 3.8) is 0 Å². The second-order valence-electron chi connectivity index (χ2n) is 8.87. The third kappa shape index (κ3) is 5.21. The van der Waals surface area contributed by atoms with Crippen LogP contribution < -0.4 is 0 Å². The summed E-state index contributed by atoms with van der Waals surface area (Å²) < 4.78 is 38.5. The highest BCUT2D eigenvalue weighted by molar-refractivity contribution is 5.78. The van der Waals surface area contributed by atoms with Crippen molar-refractivity contribution in [2.45, 2.75) is 44.3 Å². The summed E-state index contributed by atoms with van der Waals surface area (Å²) in [6, 6.07) is 18.6. The van der Waals surface area contributed by atoms with Gasteiger partial charge in [-0.25, -0.2) is 4.98 Å². The number of rotatable bonds is 6. The fourth-order valence-electron chi connectivity index (χ4n) is 4.67. The Morgan fingerprint density at radius 2 is 1.80 bits per heavy atom. The molecule has 0 radical (unpaired) electrons. The Hall–Kier alpha value is -3.68. The fourth-order valence-corrected chi connectivity index (χ4v) is 4.67. The van der Waals surface area contributed by atoms with Crippen LogP contribution in [0.15, 0.2) is 66.7 Å². The van der Waals surface area contributed by atoms with Crippen LogP contribution in [-0.2, 0) is 23.8 Å². The summed E-state index contributed by atoms with van der Waals surface area (Å²) in [5, 5.41) is 0. The molecule has 0 spiro atoms. The van der Waals surface area contributed by atoms with Gasteiger partial charge < -0.3 is 9.88 Å². The Kier molecular flexibility index (Phi) is 6.28. The van der Waals surface area contributed by atoms with Crippen LogP contribution in [0.3, 0.4) is 0 Å². The van der Waals surface area contributed by atoms with Gasteiger partial charge in [0, 0.05) is 31.5 Å². The second-order valence-corrected chi connectivity index (χ2v) is 8.87. The average Bonchev–Trinajstić information content (AvgIpc) is 3.50. The predicted octanol–water partition coefficient (Wildman–Crippen LogP) is 5.86. The number of nitrogens with one attached hydrogen (secondary N) is 1. The molecule has 5 nitrogen and oxygen atoms in total. The van der Waals surface area contributed by atoms with E-state index in [0.717, 1.165) is 58.8 Å². The van der Waals surface area contributed by atoms with Crippen LogP contribution >= 0.6 is 0 Å². The van der Waals surface area contributed by atoms with Crippen LogP contribution in [0.5, 0.6) is 0 Å². The first-order valence-electron chi connectivity index (χ1n) is 11.7. The van der Waals surface area contributed by atoms with Crippen molar-refractivity contribution in [2.75, 3.05) is 6.54 Å². The van der Waals surface area contributed by atoms with Crippen molar-refractivity contribution in [1.82, 2.24) is 19.9 Å². The molecule has 3 heterocycles. The number of hydrogen-bond acceptors (Lipinski definition) is 3. The molecule has 1 aliphatic rings. The lowest BCUT2D eigenvalue weighted by atomic mass is 10.0. The number of aryl methyl sites for hydroxylation is 1. The lowest BCUT2D eigenvalue weighted by molar-refractivity contribution is -0.137. The van der Waals surface area contributed by atoms with E-state index in [1.54, 1.807) is 0 Å². The monoisotopic (exact) mass is 478 g/mol. The highest BCUT2D eigenvalue weighted by Gasteiger charge is 2.31. The zero-order valence-corrected chi connectivity index (χ0v) is 19.1. The second kappa shape index (κ2) is 9.52. The maximum atomic E-state index is 13.1. The van der Waals surface area contributed by atoms with E-state index in [-0.39, 0.29) is 11.9 Å². The van der Waals surface area contributed by atoms with Gasteiger partial charge in [-0.2, -0.15) is 13.2 Å². The van der Waals surface area contributed by atoms with Gasteiger partial charge in [-0.3, -0.25) is 9.78 Å². The summed E-state index contributed by atoms with van der Waals surface area (Å²) >= 11 is 0. The number of likely N-dealkylation sites (tertiary alicyclic amines) is 1. The number of nitrogens with zero attached hydrogens (tertiary/aromatic N) is 3. The summed E-state index contributed by atoms with van der Waals surface area (Å²) in [6.45, 7) is 0.689. The van der Waals surface area contributed by atoms with Crippen molar-refractivity contribution in [3.8, 4) is 0 Å². The number of carbonyl (C=O) groups excluding carboxylic acids is 1.